The van der Waals surface area contributed by atoms with Gasteiger partial charge in [0.25, 0.3) is 5.91 Å². The van der Waals surface area contributed by atoms with Crippen molar-refractivity contribution in [3.63, 3.8) is 0 Å². The standard InChI is InChI=1S/C17H22F3N3O3/c1-2-7-21-14(24)12-5-9-23(10-6-12)16(25)13-4-3-8-22-15(13)26-11-17(18,19)20/h3-4,8,12H,2,5-7,9-11H2,1H3,(H,21,24). The summed E-state index contributed by atoms with van der Waals surface area (Å²) in [5, 5.41) is 2.84. The van der Waals surface area contributed by atoms with E-state index < -0.39 is 18.7 Å². The molecule has 2 amide bonds. The van der Waals surface area contributed by atoms with Crippen LogP contribution in [-0.2, 0) is 4.79 Å². The molecule has 1 N–H and O–H groups in total. The Morgan fingerprint density at radius 1 is 1.35 bits per heavy atom. The molecule has 1 aromatic heterocycles. The normalized spacial score (nSPS) is 15.6. The van der Waals surface area contributed by atoms with E-state index in [4.69, 9.17) is 0 Å². The van der Waals surface area contributed by atoms with Crippen LogP contribution in [0.15, 0.2) is 18.3 Å². The van der Waals surface area contributed by atoms with Crippen molar-refractivity contribution in [2.24, 2.45) is 5.92 Å². The maximum atomic E-state index is 12.6. The Balaban J connectivity index is 1.97. The Kier molecular flexibility index (Phi) is 6.82. The maximum Gasteiger partial charge on any atom is 0.422 e. The van der Waals surface area contributed by atoms with Gasteiger partial charge in [-0.15, -0.1) is 0 Å². The van der Waals surface area contributed by atoms with Gasteiger partial charge in [-0.2, -0.15) is 13.2 Å². The van der Waals surface area contributed by atoms with Crippen LogP contribution in [0, 0.1) is 5.92 Å². The lowest BCUT2D eigenvalue weighted by Crippen LogP contribution is -2.43. The largest absolute Gasteiger partial charge is 0.467 e. The Labute approximate surface area is 149 Å². The second-order valence-corrected chi connectivity index (χ2v) is 6.12. The molecule has 2 heterocycles. The molecular formula is C17H22F3N3O3. The molecule has 2 rings (SSSR count). The summed E-state index contributed by atoms with van der Waals surface area (Å²) < 4.78 is 41.7. The highest BCUT2D eigenvalue weighted by Crippen LogP contribution is 2.24. The molecule has 1 aromatic rings. The number of ether oxygens (including phenoxy) is 1. The van der Waals surface area contributed by atoms with Crippen LogP contribution >= 0.6 is 0 Å². The summed E-state index contributed by atoms with van der Waals surface area (Å²) in [6.45, 7) is 1.79. The van der Waals surface area contributed by atoms with Crippen molar-refractivity contribution in [3.8, 4) is 5.88 Å². The van der Waals surface area contributed by atoms with Crippen LogP contribution in [0.25, 0.3) is 0 Å². The molecule has 0 atom stereocenters. The van der Waals surface area contributed by atoms with Gasteiger partial charge in [-0.1, -0.05) is 6.92 Å². The predicted octanol–water partition coefficient (Wildman–Crippen LogP) is 2.40. The Morgan fingerprint density at radius 2 is 2.04 bits per heavy atom. The molecule has 1 aliphatic heterocycles. The lowest BCUT2D eigenvalue weighted by molar-refractivity contribution is -0.154. The second-order valence-electron chi connectivity index (χ2n) is 6.12. The number of halogens is 3. The molecule has 1 fully saturated rings. The van der Waals surface area contributed by atoms with Gasteiger partial charge in [0, 0.05) is 31.7 Å². The molecule has 144 valence electrons. The molecule has 0 radical (unpaired) electrons. The van der Waals surface area contributed by atoms with Crippen LogP contribution in [0.3, 0.4) is 0 Å². The van der Waals surface area contributed by atoms with Crippen LogP contribution in [0.5, 0.6) is 5.88 Å². The van der Waals surface area contributed by atoms with Crippen molar-refractivity contribution in [2.75, 3.05) is 26.2 Å². The van der Waals surface area contributed by atoms with Crippen LogP contribution < -0.4 is 10.1 Å². The van der Waals surface area contributed by atoms with Crippen LogP contribution in [0.1, 0.15) is 36.5 Å². The van der Waals surface area contributed by atoms with E-state index in [9.17, 15) is 22.8 Å². The fourth-order valence-corrected chi connectivity index (χ4v) is 2.73. The first-order valence-corrected chi connectivity index (χ1v) is 8.53. The minimum atomic E-state index is -4.51. The van der Waals surface area contributed by atoms with Gasteiger partial charge in [-0.3, -0.25) is 9.59 Å². The average molecular weight is 373 g/mol. The van der Waals surface area contributed by atoms with Crippen molar-refractivity contribution in [3.05, 3.63) is 23.9 Å². The quantitative estimate of drug-likeness (QED) is 0.831. The number of alkyl halides is 3. The molecule has 0 bridgehead atoms. The van der Waals surface area contributed by atoms with Crippen molar-refractivity contribution in [1.82, 2.24) is 15.2 Å². The van der Waals surface area contributed by atoms with E-state index in [0.717, 1.165) is 6.42 Å². The zero-order valence-corrected chi connectivity index (χ0v) is 14.5. The monoisotopic (exact) mass is 373 g/mol. The van der Waals surface area contributed by atoms with Gasteiger partial charge in [0.1, 0.15) is 5.56 Å². The van der Waals surface area contributed by atoms with Gasteiger partial charge in [0.2, 0.25) is 11.8 Å². The number of nitrogens with one attached hydrogen (secondary N) is 1. The number of amides is 2. The highest BCUT2D eigenvalue weighted by atomic mass is 19.4. The highest BCUT2D eigenvalue weighted by Gasteiger charge is 2.31. The minimum absolute atomic E-state index is 0.00867. The Bertz CT molecular complexity index is 629. The number of rotatable bonds is 6. The molecule has 0 aromatic carbocycles. The highest BCUT2D eigenvalue weighted by molar-refractivity contribution is 5.96. The number of hydrogen-bond acceptors (Lipinski definition) is 4. The number of pyridine rings is 1. The molecule has 0 aliphatic carbocycles. The molecule has 9 heteroatoms. The zero-order chi connectivity index (χ0) is 19.2. The predicted molar refractivity (Wildman–Crippen MR) is 87.7 cm³/mol. The van der Waals surface area contributed by atoms with Crippen molar-refractivity contribution in [1.29, 1.82) is 0 Å². The first-order chi connectivity index (χ1) is 12.3. The summed E-state index contributed by atoms with van der Waals surface area (Å²) in [5.41, 5.74) is -0.00867. The minimum Gasteiger partial charge on any atom is -0.467 e. The third-order valence-corrected chi connectivity index (χ3v) is 4.08. The molecule has 6 nitrogen and oxygen atoms in total. The van der Waals surface area contributed by atoms with E-state index in [0.29, 0.717) is 32.5 Å². The first kappa shape index (κ1) is 20.0. The van der Waals surface area contributed by atoms with E-state index in [-0.39, 0.29) is 23.3 Å². The maximum absolute atomic E-state index is 12.6. The van der Waals surface area contributed by atoms with Crippen LogP contribution in [0.4, 0.5) is 13.2 Å². The number of nitrogens with zero attached hydrogens (tertiary/aromatic N) is 2. The number of likely N-dealkylation sites (tertiary alicyclic amines) is 1. The summed E-state index contributed by atoms with van der Waals surface area (Å²) in [6.07, 6.45) is -1.36. The van der Waals surface area contributed by atoms with Gasteiger partial charge in [-0.25, -0.2) is 4.98 Å². The summed E-state index contributed by atoms with van der Waals surface area (Å²) in [7, 11) is 0. The molecular weight excluding hydrogens is 351 g/mol. The van der Waals surface area contributed by atoms with Gasteiger partial charge < -0.3 is 15.0 Å². The van der Waals surface area contributed by atoms with E-state index >= 15 is 0 Å². The SMILES string of the molecule is CCCNC(=O)C1CCN(C(=O)c2cccnc2OCC(F)(F)F)CC1. The van der Waals surface area contributed by atoms with Gasteiger partial charge in [-0.05, 0) is 31.4 Å². The number of carbonyl (C=O) groups excluding carboxylic acids is 2. The third kappa shape index (κ3) is 5.60. The zero-order valence-electron chi connectivity index (χ0n) is 14.5. The number of piperidine rings is 1. The summed E-state index contributed by atoms with van der Waals surface area (Å²) in [6, 6.07) is 2.86. The smallest absolute Gasteiger partial charge is 0.422 e. The lowest BCUT2D eigenvalue weighted by Gasteiger charge is -2.31. The van der Waals surface area contributed by atoms with E-state index in [1.54, 1.807) is 0 Å². The van der Waals surface area contributed by atoms with Gasteiger partial charge in [0.15, 0.2) is 6.61 Å². The number of hydrogen-bond donors (Lipinski definition) is 1. The van der Waals surface area contributed by atoms with Gasteiger partial charge in [0.05, 0.1) is 0 Å². The number of aromatic nitrogens is 1. The summed E-state index contributed by atoms with van der Waals surface area (Å²) >= 11 is 0. The van der Waals surface area contributed by atoms with Crippen LogP contribution in [0.2, 0.25) is 0 Å². The van der Waals surface area contributed by atoms with Crippen molar-refractivity contribution >= 4 is 11.8 Å². The van der Waals surface area contributed by atoms with Crippen molar-refractivity contribution < 1.29 is 27.5 Å². The molecule has 26 heavy (non-hydrogen) atoms. The first-order valence-electron chi connectivity index (χ1n) is 8.53. The third-order valence-electron chi connectivity index (χ3n) is 4.08. The van der Waals surface area contributed by atoms with Gasteiger partial charge >= 0.3 is 6.18 Å². The topological polar surface area (TPSA) is 71.5 Å². The fourth-order valence-electron chi connectivity index (χ4n) is 2.73. The van der Waals surface area contributed by atoms with Crippen molar-refractivity contribution in [2.45, 2.75) is 32.4 Å². The van der Waals surface area contributed by atoms with E-state index in [1.165, 1.54) is 23.2 Å². The summed E-state index contributed by atoms with van der Waals surface area (Å²) in [5.74, 6) is -0.949. The molecule has 0 spiro atoms. The average Bonchev–Trinajstić information content (AvgIpc) is 2.63. The molecule has 0 saturated carbocycles. The summed E-state index contributed by atoms with van der Waals surface area (Å²) in [4.78, 5) is 29.9. The van der Waals surface area contributed by atoms with Crippen LogP contribution in [-0.4, -0.2) is 54.1 Å². The fraction of sp³-hybridized carbons (Fsp3) is 0.588. The molecule has 1 aliphatic rings. The number of carbonyl (C=O) groups is 2. The second kappa shape index (κ2) is 8.86. The van der Waals surface area contributed by atoms with E-state index in [2.05, 4.69) is 15.0 Å². The molecule has 1 saturated heterocycles. The Morgan fingerprint density at radius 3 is 2.65 bits per heavy atom. The lowest BCUT2D eigenvalue weighted by atomic mass is 9.95. The Hall–Kier alpha value is -2.32. The van der Waals surface area contributed by atoms with E-state index in [1.807, 2.05) is 6.92 Å². The molecule has 0 unspecified atom stereocenters.